The van der Waals surface area contributed by atoms with Gasteiger partial charge in [0.1, 0.15) is 6.04 Å². The largest absolute Gasteiger partial charge is 0.344 e. The Morgan fingerprint density at radius 2 is 1.63 bits per heavy atom. The normalized spacial score (nSPS) is 17.3. The van der Waals surface area contributed by atoms with E-state index in [1.807, 2.05) is 30.3 Å². The number of nitrogens with one attached hydrogen (secondary N) is 2. The predicted molar refractivity (Wildman–Crippen MR) is 133 cm³/mol. The number of benzene rings is 2. The Morgan fingerprint density at radius 3 is 2.31 bits per heavy atom. The molecule has 2 amide bonds. The summed E-state index contributed by atoms with van der Waals surface area (Å²) in [5, 5.41) is 5.70. The molecule has 0 unspecified atom stereocenters. The number of anilines is 1. The lowest BCUT2D eigenvalue weighted by Gasteiger charge is -2.32. The first-order chi connectivity index (χ1) is 16.9. The molecule has 1 fully saturated rings. The second-order valence-electron chi connectivity index (χ2n) is 8.49. The van der Waals surface area contributed by atoms with Crippen molar-refractivity contribution in [1.82, 2.24) is 14.6 Å². The first kappa shape index (κ1) is 24.6. The highest BCUT2D eigenvalue weighted by atomic mass is 32.2. The highest BCUT2D eigenvalue weighted by Crippen LogP contribution is 2.24. The Balaban J connectivity index is 1.48. The standard InChI is InChI=1S/C26H28N4O4S/c31-25(21-10-7-17-30(19-21)35(33,34)23-11-5-2-6-12-23)29-24(18-20-8-3-1-4-9-20)26(32)28-22-13-15-27-16-14-22/h1-6,8-9,11-16,21,24H,7,10,17-19H2,(H,29,31)(H,27,28,32)/t21-,24-/m1/s1. The van der Waals surface area contributed by atoms with Crippen LogP contribution < -0.4 is 10.6 Å². The highest BCUT2D eigenvalue weighted by Gasteiger charge is 2.34. The summed E-state index contributed by atoms with van der Waals surface area (Å²) >= 11 is 0. The zero-order chi connectivity index (χ0) is 24.7. The Kier molecular flexibility index (Phi) is 7.89. The van der Waals surface area contributed by atoms with Crippen LogP contribution in [0.5, 0.6) is 0 Å². The molecular formula is C26H28N4O4S. The molecule has 2 atom stereocenters. The summed E-state index contributed by atoms with van der Waals surface area (Å²) in [5.74, 6) is -1.23. The summed E-state index contributed by atoms with van der Waals surface area (Å²) < 4.78 is 27.5. The molecule has 2 N–H and O–H groups in total. The van der Waals surface area contributed by atoms with Gasteiger partial charge in [0, 0.05) is 37.6 Å². The first-order valence-corrected chi connectivity index (χ1v) is 13.0. The number of hydrogen-bond donors (Lipinski definition) is 2. The van der Waals surface area contributed by atoms with Crippen LogP contribution >= 0.6 is 0 Å². The maximum Gasteiger partial charge on any atom is 0.247 e. The van der Waals surface area contributed by atoms with Gasteiger partial charge in [0.15, 0.2) is 0 Å². The lowest BCUT2D eigenvalue weighted by atomic mass is 9.97. The van der Waals surface area contributed by atoms with Gasteiger partial charge in [-0.15, -0.1) is 0 Å². The maximum absolute atomic E-state index is 13.2. The highest BCUT2D eigenvalue weighted by molar-refractivity contribution is 7.89. The molecule has 2 heterocycles. The fourth-order valence-electron chi connectivity index (χ4n) is 4.13. The molecule has 35 heavy (non-hydrogen) atoms. The van der Waals surface area contributed by atoms with Crippen LogP contribution in [0.4, 0.5) is 5.69 Å². The number of sulfonamides is 1. The van der Waals surface area contributed by atoms with Crippen LogP contribution in [0.25, 0.3) is 0 Å². The lowest BCUT2D eigenvalue weighted by molar-refractivity contribution is -0.130. The van der Waals surface area contributed by atoms with Crippen LogP contribution in [0.3, 0.4) is 0 Å². The van der Waals surface area contributed by atoms with Gasteiger partial charge in [-0.25, -0.2) is 8.42 Å². The number of amides is 2. The van der Waals surface area contributed by atoms with E-state index in [-0.39, 0.29) is 23.3 Å². The van der Waals surface area contributed by atoms with E-state index in [4.69, 9.17) is 0 Å². The Hall–Kier alpha value is -3.56. The maximum atomic E-state index is 13.2. The molecule has 8 nitrogen and oxygen atoms in total. The number of nitrogens with zero attached hydrogens (tertiary/aromatic N) is 2. The molecule has 0 aliphatic carbocycles. The minimum absolute atomic E-state index is 0.0765. The van der Waals surface area contributed by atoms with Crippen molar-refractivity contribution in [2.45, 2.75) is 30.2 Å². The average molecular weight is 493 g/mol. The van der Waals surface area contributed by atoms with Crippen LogP contribution in [0.15, 0.2) is 90.1 Å². The smallest absolute Gasteiger partial charge is 0.247 e. The third kappa shape index (κ3) is 6.32. The van der Waals surface area contributed by atoms with Crippen molar-refractivity contribution in [2.24, 2.45) is 5.92 Å². The Labute approximate surface area is 205 Å². The van der Waals surface area contributed by atoms with E-state index < -0.39 is 22.0 Å². The molecule has 1 aliphatic heterocycles. The molecule has 3 aromatic rings. The van der Waals surface area contributed by atoms with Gasteiger partial charge in [0.25, 0.3) is 0 Å². The van der Waals surface area contributed by atoms with Gasteiger partial charge < -0.3 is 10.6 Å². The Morgan fingerprint density at radius 1 is 0.971 bits per heavy atom. The predicted octanol–water partition coefficient (Wildman–Crippen LogP) is 2.85. The van der Waals surface area contributed by atoms with E-state index in [1.54, 1.807) is 54.9 Å². The molecule has 182 valence electrons. The van der Waals surface area contributed by atoms with Gasteiger partial charge in [-0.2, -0.15) is 4.31 Å². The number of carbonyl (C=O) groups is 2. The molecule has 0 bridgehead atoms. The molecule has 2 aromatic carbocycles. The van der Waals surface area contributed by atoms with Gasteiger partial charge in [-0.3, -0.25) is 14.6 Å². The fourth-order valence-corrected chi connectivity index (χ4v) is 5.67. The van der Waals surface area contributed by atoms with Crippen molar-refractivity contribution in [3.63, 3.8) is 0 Å². The van der Waals surface area contributed by atoms with E-state index in [0.717, 1.165) is 5.56 Å². The minimum atomic E-state index is -3.69. The van der Waals surface area contributed by atoms with Crippen molar-refractivity contribution in [1.29, 1.82) is 0 Å². The summed E-state index contributed by atoms with van der Waals surface area (Å²) in [6.07, 6.45) is 4.57. The van der Waals surface area contributed by atoms with Crippen LogP contribution in [0, 0.1) is 5.92 Å². The molecule has 1 aromatic heterocycles. The van der Waals surface area contributed by atoms with Gasteiger partial charge in [0.05, 0.1) is 10.8 Å². The van der Waals surface area contributed by atoms with E-state index in [1.165, 1.54) is 4.31 Å². The number of carbonyl (C=O) groups excluding carboxylic acids is 2. The summed E-state index contributed by atoms with van der Waals surface area (Å²) in [6.45, 7) is 0.435. The molecule has 4 rings (SSSR count). The summed E-state index contributed by atoms with van der Waals surface area (Å²) in [5.41, 5.74) is 1.48. The first-order valence-electron chi connectivity index (χ1n) is 11.5. The summed E-state index contributed by atoms with van der Waals surface area (Å²) in [6, 6.07) is 20.2. The summed E-state index contributed by atoms with van der Waals surface area (Å²) in [4.78, 5) is 30.5. The SMILES string of the molecule is O=C(N[C@H](Cc1ccccc1)C(=O)Nc1ccncc1)[C@@H]1CCCN(S(=O)(=O)c2ccccc2)C1. The number of hydrogen-bond acceptors (Lipinski definition) is 5. The van der Waals surface area contributed by atoms with Gasteiger partial charge in [-0.05, 0) is 42.7 Å². The average Bonchev–Trinajstić information content (AvgIpc) is 2.90. The lowest BCUT2D eigenvalue weighted by Crippen LogP contribution is -2.51. The van der Waals surface area contributed by atoms with Crippen LogP contribution in [-0.4, -0.2) is 48.7 Å². The monoisotopic (exact) mass is 492 g/mol. The zero-order valence-electron chi connectivity index (χ0n) is 19.2. The minimum Gasteiger partial charge on any atom is -0.344 e. The van der Waals surface area contributed by atoms with E-state index in [0.29, 0.717) is 31.5 Å². The van der Waals surface area contributed by atoms with E-state index in [9.17, 15) is 18.0 Å². The third-order valence-corrected chi connectivity index (χ3v) is 7.88. The second kappa shape index (κ2) is 11.2. The number of pyridine rings is 1. The topological polar surface area (TPSA) is 108 Å². The zero-order valence-corrected chi connectivity index (χ0v) is 20.0. The van der Waals surface area contributed by atoms with Crippen molar-refractivity contribution >= 4 is 27.5 Å². The quantitative estimate of drug-likeness (QED) is 0.503. The molecule has 0 radical (unpaired) electrons. The van der Waals surface area contributed by atoms with Crippen LogP contribution in [0.1, 0.15) is 18.4 Å². The second-order valence-corrected chi connectivity index (χ2v) is 10.4. The van der Waals surface area contributed by atoms with Crippen LogP contribution in [0.2, 0.25) is 0 Å². The molecule has 1 aliphatic rings. The van der Waals surface area contributed by atoms with Gasteiger partial charge >= 0.3 is 0 Å². The molecule has 9 heteroatoms. The fraction of sp³-hybridized carbons (Fsp3) is 0.269. The van der Waals surface area contributed by atoms with Crippen molar-refractivity contribution in [3.8, 4) is 0 Å². The number of rotatable bonds is 8. The molecular weight excluding hydrogens is 464 g/mol. The Bertz CT molecular complexity index is 1240. The van der Waals surface area contributed by atoms with E-state index in [2.05, 4.69) is 15.6 Å². The van der Waals surface area contributed by atoms with Gasteiger partial charge in [0.2, 0.25) is 21.8 Å². The van der Waals surface area contributed by atoms with Gasteiger partial charge in [-0.1, -0.05) is 48.5 Å². The van der Waals surface area contributed by atoms with Crippen molar-refractivity contribution in [2.75, 3.05) is 18.4 Å². The van der Waals surface area contributed by atoms with E-state index >= 15 is 0 Å². The van der Waals surface area contributed by atoms with Crippen molar-refractivity contribution in [3.05, 3.63) is 90.8 Å². The molecule has 0 saturated carbocycles. The van der Waals surface area contributed by atoms with Crippen LogP contribution in [-0.2, 0) is 26.0 Å². The summed E-state index contributed by atoms with van der Waals surface area (Å²) in [7, 11) is -3.69. The molecule has 0 spiro atoms. The number of piperidine rings is 1. The third-order valence-electron chi connectivity index (χ3n) is 6.00. The number of aromatic nitrogens is 1. The van der Waals surface area contributed by atoms with Crippen molar-refractivity contribution < 1.29 is 18.0 Å². The molecule has 1 saturated heterocycles.